The molecule has 0 atom stereocenters. The molecule has 0 amide bonds. The van der Waals surface area contributed by atoms with Crippen LogP contribution in [0.1, 0.15) is 11.4 Å². The smallest absolute Gasteiger partial charge is 0.422 e. The van der Waals surface area contributed by atoms with Crippen LogP contribution in [0.4, 0.5) is 13.2 Å². The van der Waals surface area contributed by atoms with Crippen LogP contribution in [0, 0.1) is 6.92 Å². The maximum atomic E-state index is 11.9. The lowest BCUT2D eigenvalue weighted by molar-refractivity contribution is -0.154. The second kappa shape index (κ2) is 4.60. The van der Waals surface area contributed by atoms with Gasteiger partial charge in [-0.25, -0.2) is 4.98 Å². The summed E-state index contributed by atoms with van der Waals surface area (Å²) in [6.45, 7) is 0.122. The zero-order valence-corrected chi connectivity index (χ0v) is 9.02. The molecule has 0 saturated carbocycles. The van der Waals surface area contributed by atoms with Crippen LogP contribution in [0.3, 0.4) is 0 Å². The fourth-order valence-corrected chi connectivity index (χ4v) is 0.983. The van der Waals surface area contributed by atoms with Gasteiger partial charge in [-0.3, -0.25) is 0 Å². The highest BCUT2D eigenvalue weighted by atomic mass is 32.1. The van der Waals surface area contributed by atoms with Gasteiger partial charge in [0.1, 0.15) is 10.7 Å². The summed E-state index contributed by atoms with van der Waals surface area (Å²) in [5.74, 6) is 0. The average Bonchev–Trinajstić information content (AvgIpc) is 2.13. The van der Waals surface area contributed by atoms with E-state index < -0.39 is 12.8 Å². The van der Waals surface area contributed by atoms with Crippen LogP contribution in [0.5, 0.6) is 6.01 Å². The molecule has 4 nitrogen and oxygen atoms in total. The first-order valence-electron chi connectivity index (χ1n) is 4.13. The Morgan fingerprint density at radius 3 is 2.62 bits per heavy atom. The standard InChI is InChI=1S/C8H8F3N3OS/c1-4-2-5(6(12)16)14-7(13-4)15-3-8(9,10)11/h2H,3H2,1H3,(H2,12,16). The summed E-state index contributed by atoms with van der Waals surface area (Å²) in [6.07, 6.45) is -4.43. The van der Waals surface area contributed by atoms with Gasteiger partial charge in [0, 0.05) is 5.69 Å². The first-order chi connectivity index (χ1) is 7.28. The second-order valence-corrected chi connectivity index (χ2v) is 3.39. The number of aryl methyl sites for hydroxylation is 1. The normalized spacial score (nSPS) is 11.2. The Morgan fingerprint density at radius 1 is 1.50 bits per heavy atom. The summed E-state index contributed by atoms with van der Waals surface area (Å²) in [4.78, 5) is 7.28. The van der Waals surface area contributed by atoms with Crippen LogP contribution in [0.2, 0.25) is 0 Å². The number of alkyl halides is 3. The van der Waals surface area contributed by atoms with Crippen LogP contribution in [-0.2, 0) is 0 Å². The Balaban J connectivity index is 2.85. The van der Waals surface area contributed by atoms with Crippen molar-refractivity contribution in [2.75, 3.05) is 6.61 Å². The number of ether oxygens (including phenoxy) is 1. The number of aromatic nitrogens is 2. The molecule has 1 heterocycles. The zero-order valence-electron chi connectivity index (χ0n) is 8.21. The fourth-order valence-electron chi connectivity index (χ4n) is 0.878. The predicted molar refractivity (Wildman–Crippen MR) is 54.2 cm³/mol. The van der Waals surface area contributed by atoms with E-state index in [4.69, 9.17) is 5.73 Å². The molecule has 0 spiro atoms. The quantitative estimate of drug-likeness (QED) is 0.822. The molecule has 16 heavy (non-hydrogen) atoms. The van der Waals surface area contributed by atoms with E-state index in [9.17, 15) is 13.2 Å². The molecule has 2 N–H and O–H groups in total. The number of hydrogen-bond donors (Lipinski definition) is 1. The Bertz CT molecular complexity index is 408. The third-order valence-electron chi connectivity index (χ3n) is 1.45. The van der Waals surface area contributed by atoms with Crippen molar-refractivity contribution in [3.8, 4) is 6.01 Å². The van der Waals surface area contributed by atoms with Crippen molar-refractivity contribution in [2.45, 2.75) is 13.1 Å². The number of rotatable bonds is 3. The first-order valence-corrected chi connectivity index (χ1v) is 4.54. The summed E-state index contributed by atoms with van der Waals surface area (Å²) in [5.41, 5.74) is 5.90. The van der Waals surface area contributed by atoms with Crippen LogP contribution in [-0.4, -0.2) is 27.7 Å². The minimum Gasteiger partial charge on any atom is -0.454 e. The van der Waals surface area contributed by atoms with Gasteiger partial charge in [0.25, 0.3) is 0 Å². The topological polar surface area (TPSA) is 61.0 Å². The highest BCUT2D eigenvalue weighted by Gasteiger charge is 2.29. The second-order valence-electron chi connectivity index (χ2n) is 2.95. The van der Waals surface area contributed by atoms with E-state index in [-0.39, 0.29) is 16.7 Å². The molecule has 0 saturated heterocycles. The molecule has 0 aliphatic carbocycles. The van der Waals surface area contributed by atoms with Gasteiger partial charge in [0.05, 0.1) is 0 Å². The van der Waals surface area contributed by atoms with E-state index in [2.05, 4.69) is 26.9 Å². The number of nitrogens with zero attached hydrogens (tertiary/aromatic N) is 2. The Morgan fingerprint density at radius 2 is 2.12 bits per heavy atom. The highest BCUT2D eigenvalue weighted by molar-refractivity contribution is 7.80. The molecule has 0 bridgehead atoms. The molecule has 0 aromatic carbocycles. The Labute approximate surface area is 94.6 Å². The average molecular weight is 251 g/mol. The number of nitrogens with two attached hydrogens (primary N) is 1. The van der Waals surface area contributed by atoms with Crippen molar-refractivity contribution in [3.63, 3.8) is 0 Å². The largest absolute Gasteiger partial charge is 0.454 e. The minimum absolute atomic E-state index is 0.0256. The summed E-state index contributed by atoms with van der Waals surface area (Å²) < 4.78 is 40.0. The molecule has 0 fully saturated rings. The van der Waals surface area contributed by atoms with E-state index in [0.29, 0.717) is 5.69 Å². The zero-order chi connectivity index (χ0) is 12.3. The van der Waals surface area contributed by atoms with Gasteiger partial charge in [-0.1, -0.05) is 12.2 Å². The molecule has 1 aromatic heterocycles. The van der Waals surface area contributed by atoms with Gasteiger partial charge in [-0.15, -0.1) is 0 Å². The summed E-state index contributed by atoms with van der Waals surface area (Å²) in [6, 6.07) is 1.07. The Kier molecular flexibility index (Phi) is 3.63. The van der Waals surface area contributed by atoms with Crippen LogP contribution in [0.25, 0.3) is 0 Å². The van der Waals surface area contributed by atoms with E-state index in [1.807, 2.05) is 0 Å². The van der Waals surface area contributed by atoms with Crippen molar-refractivity contribution in [3.05, 3.63) is 17.5 Å². The number of hydrogen-bond acceptors (Lipinski definition) is 4. The lowest BCUT2D eigenvalue weighted by Gasteiger charge is -2.08. The van der Waals surface area contributed by atoms with Gasteiger partial charge in [-0.05, 0) is 13.0 Å². The summed E-state index contributed by atoms with van der Waals surface area (Å²) in [7, 11) is 0. The molecule has 8 heteroatoms. The van der Waals surface area contributed by atoms with Crippen molar-refractivity contribution >= 4 is 17.2 Å². The van der Waals surface area contributed by atoms with Crippen molar-refractivity contribution in [2.24, 2.45) is 5.73 Å². The first kappa shape index (κ1) is 12.6. The third kappa shape index (κ3) is 3.97. The van der Waals surface area contributed by atoms with Crippen molar-refractivity contribution in [1.82, 2.24) is 9.97 Å². The summed E-state index contributed by atoms with van der Waals surface area (Å²) >= 11 is 4.65. The lowest BCUT2D eigenvalue weighted by Crippen LogP contribution is -2.21. The predicted octanol–water partition coefficient (Wildman–Crippen LogP) is 1.36. The molecule has 0 aliphatic rings. The van der Waals surface area contributed by atoms with Crippen LogP contribution >= 0.6 is 12.2 Å². The molecule has 1 rings (SSSR count). The van der Waals surface area contributed by atoms with Crippen molar-refractivity contribution in [1.29, 1.82) is 0 Å². The summed E-state index contributed by atoms with van der Waals surface area (Å²) in [5, 5.41) is 0. The highest BCUT2D eigenvalue weighted by Crippen LogP contribution is 2.16. The van der Waals surface area contributed by atoms with Crippen molar-refractivity contribution < 1.29 is 17.9 Å². The van der Waals surface area contributed by atoms with E-state index in [1.165, 1.54) is 6.07 Å². The van der Waals surface area contributed by atoms with Gasteiger partial charge in [0.2, 0.25) is 0 Å². The Hall–Kier alpha value is -1.44. The third-order valence-corrected chi connectivity index (χ3v) is 1.66. The lowest BCUT2D eigenvalue weighted by atomic mass is 10.3. The molecule has 88 valence electrons. The van der Waals surface area contributed by atoms with Gasteiger partial charge in [-0.2, -0.15) is 18.2 Å². The number of halogens is 3. The molecular formula is C8H8F3N3OS. The minimum atomic E-state index is -4.43. The molecule has 0 radical (unpaired) electrons. The molecule has 0 unspecified atom stereocenters. The molecule has 1 aromatic rings. The molecule has 0 aliphatic heterocycles. The van der Waals surface area contributed by atoms with E-state index in [1.54, 1.807) is 6.92 Å². The van der Waals surface area contributed by atoms with Crippen LogP contribution < -0.4 is 10.5 Å². The molecular weight excluding hydrogens is 243 g/mol. The van der Waals surface area contributed by atoms with Gasteiger partial charge >= 0.3 is 12.2 Å². The maximum absolute atomic E-state index is 11.9. The SMILES string of the molecule is Cc1cc(C(N)=S)nc(OCC(F)(F)F)n1. The monoisotopic (exact) mass is 251 g/mol. The van der Waals surface area contributed by atoms with Crippen LogP contribution in [0.15, 0.2) is 6.07 Å². The van der Waals surface area contributed by atoms with Gasteiger partial charge < -0.3 is 10.5 Å². The number of thiocarbonyl (C=S) groups is 1. The maximum Gasteiger partial charge on any atom is 0.422 e. The van der Waals surface area contributed by atoms with Gasteiger partial charge in [0.15, 0.2) is 6.61 Å². The van der Waals surface area contributed by atoms with E-state index >= 15 is 0 Å². The van der Waals surface area contributed by atoms with E-state index in [0.717, 1.165) is 0 Å². The fraction of sp³-hybridized carbons (Fsp3) is 0.375.